The van der Waals surface area contributed by atoms with Gasteiger partial charge in [-0.2, -0.15) is 0 Å². The molecule has 4 aromatic rings. The third-order valence-electron chi connectivity index (χ3n) is 9.84. The Morgan fingerprint density at radius 1 is 0.488 bits per heavy atom. The number of unbranched alkanes of at least 4 members (excludes halogenated alkanes) is 10. The summed E-state index contributed by atoms with van der Waals surface area (Å²) in [7, 11) is 0. The van der Waals surface area contributed by atoms with Crippen LogP contribution in [-0.4, -0.2) is 0 Å². The fraction of sp³-hybridized carbons (Fsp3) is 0.415. The number of ether oxygens (including phenoxy) is 1. The van der Waals surface area contributed by atoms with Gasteiger partial charge < -0.3 is 9.64 Å². The molecule has 0 spiro atoms. The minimum Gasteiger partial charge on any atom is -0.453 e. The molecule has 1 aliphatic carbocycles. The summed E-state index contributed by atoms with van der Waals surface area (Å²) in [5, 5.41) is 0. The summed E-state index contributed by atoms with van der Waals surface area (Å²) in [6.45, 7) is 4.62. The van der Waals surface area contributed by atoms with E-state index in [1.165, 1.54) is 112 Å². The molecule has 0 unspecified atom stereocenters. The van der Waals surface area contributed by atoms with Crippen LogP contribution in [0.25, 0.3) is 11.1 Å². The molecular formula is C41H49NO. The van der Waals surface area contributed by atoms with Gasteiger partial charge in [0.1, 0.15) is 0 Å². The van der Waals surface area contributed by atoms with Gasteiger partial charge in [-0.1, -0.05) is 152 Å². The van der Waals surface area contributed by atoms with Crippen molar-refractivity contribution in [3.63, 3.8) is 0 Å². The van der Waals surface area contributed by atoms with Gasteiger partial charge in [0.05, 0.1) is 17.1 Å². The van der Waals surface area contributed by atoms with Crippen molar-refractivity contribution in [1.82, 2.24) is 0 Å². The second-order valence-electron chi connectivity index (χ2n) is 12.7. The van der Waals surface area contributed by atoms with Crippen molar-refractivity contribution in [1.29, 1.82) is 0 Å². The van der Waals surface area contributed by atoms with Gasteiger partial charge in [-0.15, -0.1) is 0 Å². The number of rotatable bonds is 15. The highest BCUT2D eigenvalue weighted by atomic mass is 16.5. The van der Waals surface area contributed by atoms with E-state index in [4.69, 9.17) is 4.74 Å². The van der Waals surface area contributed by atoms with Crippen molar-refractivity contribution in [3.8, 4) is 22.6 Å². The normalized spacial score (nSPS) is 14.0. The van der Waals surface area contributed by atoms with Gasteiger partial charge in [-0.25, -0.2) is 0 Å². The van der Waals surface area contributed by atoms with Crippen LogP contribution >= 0.6 is 0 Å². The highest BCUT2D eigenvalue weighted by Crippen LogP contribution is 2.60. The lowest BCUT2D eigenvalue weighted by molar-refractivity contribution is 0.398. The standard InChI is InChI=1S/C41H49NO/c1-3-5-7-9-11-19-30-41(31-20-12-10-8-6-4-2)34-24-14-13-22-32(34)33-23-21-27-37(40(33)41)42-35-25-15-17-28-38(35)43-39-29-18-16-26-36(39)42/h13-18,21-29H,3-12,19-20,30-31H2,1-2H3. The summed E-state index contributed by atoms with van der Waals surface area (Å²) in [5.41, 5.74) is 9.52. The molecule has 0 bridgehead atoms. The average molecular weight is 572 g/mol. The molecule has 1 aliphatic heterocycles. The van der Waals surface area contributed by atoms with Crippen molar-refractivity contribution in [2.75, 3.05) is 4.90 Å². The van der Waals surface area contributed by atoms with Crippen LogP contribution in [0.5, 0.6) is 11.5 Å². The van der Waals surface area contributed by atoms with E-state index in [1.54, 1.807) is 5.56 Å². The van der Waals surface area contributed by atoms with Gasteiger partial charge in [-0.3, -0.25) is 0 Å². The van der Waals surface area contributed by atoms with Crippen LogP contribution in [0.3, 0.4) is 0 Å². The summed E-state index contributed by atoms with van der Waals surface area (Å²) < 4.78 is 6.44. The SMILES string of the molecule is CCCCCCCCC1(CCCCCCCC)c2ccccc2-c2cccc(N3c4ccccc4Oc4ccccc43)c21. The lowest BCUT2D eigenvalue weighted by Crippen LogP contribution is -2.28. The van der Waals surface area contributed by atoms with Crippen molar-refractivity contribution in [2.24, 2.45) is 0 Å². The molecule has 0 saturated carbocycles. The predicted molar refractivity (Wildman–Crippen MR) is 183 cm³/mol. The number of para-hydroxylation sites is 4. The highest BCUT2D eigenvalue weighted by molar-refractivity contribution is 5.93. The Hall–Kier alpha value is -3.52. The molecular weight excluding hydrogens is 522 g/mol. The van der Waals surface area contributed by atoms with E-state index in [1.807, 2.05) is 0 Å². The molecule has 0 fully saturated rings. The second kappa shape index (κ2) is 13.8. The molecule has 224 valence electrons. The van der Waals surface area contributed by atoms with Crippen LogP contribution in [0.4, 0.5) is 17.1 Å². The smallest absolute Gasteiger partial charge is 0.151 e. The third-order valence-corrected chi connectivity index (χ3v) is 9.84. The van der Waals surface area contributed by atoms with Gasteiger partial charge in [0.25, 0.3) is 0 Å². The Balaban J connectivity index is 1.46. The lowest BCUT2D eigenvalue weighted by atomic mass is 9.70. The molecule has 0 N–H and O–H groups in total. The number of hydrogen-bond donors (Lipinski definition) is 0. The second-order valence-corrected chi connectivity index (χ2v) is 12.7. The number of hydrogen-bond acceptors (Lipinski definition) is 2. The van der Waals surface area contributed by atoms with Crippen molar-refractivity contribution in [2.45, 2.75) is 109 Å². The average Bonchev–Trinajstić information content (AvgIpc) is 3.33. The van der Waals surface area contributed by atoms with Gasteiger partial charge in [-0.05, 0) is 65.4 Å². The quantitative estimate of drug-likeness (QED) is 0.116. The third kappa shape index (κ3) is 5.86. The van der Waals surface area contributed by atoms with Crippen LogP contribution in [0.2, 0.25) is 0 Å². The first-order valence-electron chi connectivity index (χ1n) is 17.2. The van der Waals surface area contributed by atoms with Crippen molar-refractivity contribution in [3.05, 3.63) is 102 Å². The molecule has 0 amide bonds. The largest absolute Gasteiger partial charge is 0.453 e. The molecule has 2 aliphatic rings. The van der Waals surface area contributed by atoms with E-state index < -0.39 is 0 Å². The summed E-state index contributed by atoms with van der Waals surface area (Å²) in [4.78, 5) is 2.50. The molecule has 2 heteroatoms. The first-order valence-corrected chi connectivity index (χ1v) is 17.2. The summed E-state index contributed by atoms with van der Waals surface area (Å²) in [6.07, 6.45) is 18.3. The van der Waals surface area contributed by atoms with E-state index in [2.05, 4.69) is 110 Å². The van der Waals surface area contributed by atoms with Crippen molar-refractivity contribution >= 4 is 17.1 Å². The fourth-order valence-corrected chi connectivity index (χ4v) is 7.75. The zero-order chi connectivity index (χ0) is 29.5. The summed E-state index contributed by atoms with van der Waals surface area (Å²) >= 11 is 0. The van der Waals surface area contributed by atoms with Crippen LogP contribution in [0.1, 0.15) is 115 Å². The maximum atomic E-state index is 6.44. The Morgan fingerprint density at radius 2 is 0.977 bits per heavy atom. The number of fused-ring (bicyclic) bond motifs is 5. The summed E-state index contributed by atoms with van der Waals surface area (Å²) in [5.74, 6) is 1.85. The number of nitrogens with zero attached hydrogens (tertiary/aromatic N) is 1. The molecule has 0 saturated heterocycles. The molecule has 0 atom stereocenters. The Kier molecular flexibility index (Phi) is 9.51. The lowest BCUT2D eigenvalue weighted by Gasteiger charge is -2.39. The first kappa shape index (κ1) is 29.5. The highest BCUT2D eigenvalue weighted by Gasteiger charge is 2.45. The van der Waals surface area contributed by atoms with Gasteiger partial charge >= 0.3 is 0 Å². The molecule has 1 heterocycles. The zero-order valence-corrected chi connectivity index (χ0v) is 26.4. The number of benzene rings is 4. The van der Waals surface area contributed by atoms with E-state index in [-0.39, 0.29) is 5.41 Å². The maximum absolute atomic E-state index is 6.44. The minimum atomic E-state index is 0.0141. The molecule has 2 nitrogen and oxygen atoms in total. The van der Waals surface area contributed by atoms with Crippen LogP contribution in [0.15, 0.2) is 91.0 Å². The number of anilines is 3. The molecule has 0 radical (unpaired) electrons. The molecule has 0 aromatic heterocycles. The monoisotopic (exact) mass is 571 g/mol. The van der Waals surface area contributed by atoms with E-state index in [0.29, 0.717) is 0 Å². The topological polar surface area (TPSA) is 12.5 Å². The fourth-order valence-electron chi connectivity index (χ4n) is 7.75. The van der Waals surface area contributed by atoms with Crippen LogP contribution < -0.4 is 9.64 Å². The van der Waals surface area contributed by atoms with Crippen LogP contribution in [-0.2, 0) is 5.41 Å². The zero-order valence-electron chi connectivity index (χ0n) is 26.4. The Morgan fingerprint density at radius 3 is 1.60 bits per heavy atom. The maximum Gasteiger partial charge on any atom is 0.151 e. The van der Waals surface area contributed by atoms with Gasteiger partial charge in [0.15, 0.2) is 11.5 Å². The summed E-state index contributed by atoms with van der Waals surface area (Å²) in [6, 6.07) is 33.5. The first-order chi connectivity index (χ1) is 21.3. The molecule has 43 heavy (non-hydrogen) atoms. The predicted octanol–water partition coefficient (Wildman–Crippen LogP) is 13.0. The van der Waals surface area contributed by atoms with Crippen molar-refractivity contribution < 1.29 is 4.74 Å². The van der Waals surface area contributed by atoms with E-state index in [0.717, 1.165) is 22.9 Å². The van der Waals surface area contributed by atoms with Gasteiger partial charge in [0, 0.05) is 5.41 Å². The molecule has 6 rings (SSSR count). The van der Waals surface area contributed by atoms with Crippen LogP contribution in [0, 0.1) is 0 Å². The Bertz CT molecular complexity index is 1440. The minimum absolute atomic E-state index is 0.0141. The van der Waals surface area contributed by atoms with E-state index >= 15 is 0 Å². The van der Waals surface area contributed by atoms with E-state index in [9.17, 15) is 0 Å². The molecule has 4 aromatic carbocycles. The van der Waals surface area contributed by atoms with Gasteiger partial charge in [0.2, 0.25) is 0 Å². The Labute approximate surface area is 260 Å².